The molecule has 8 atom stereocenters. The molecule has 12 heteroatoms. The van der Waals surface area contributed by atoms with Crippen molar-refractivity contribution in [1.82, 2.24) is 5.32 Å². The first-order valence-electron chi connectivity index (χ1n) is 16.2. The summed E-state index contributed by atoms with van der Waals surface area (Å²) in [6, 6.07) is 12.9. The summed E-state index contributed by atoms with van der Waals surface area (Å²) in [5.74, 6) is 0.688. The van der Waals surface area contributed by atoms with Crippen LogP contribution in [0.1, 0.15) is 70.3 Å². The van der Waals surface area contributed by atoms with Crippen molar-refractivity contribution < 1.29 is 54.0 Å². The zero-order chi connectivity index (χ0) is 33.5. The third-order valence-corrected chi connectivity index (χ3v) is 8.13. The molecule has 0 spiro atoms. The molecule has 1 heterocycles. The Bertz CT molecular complexity index is 1130. The summed E-state index contributed by atoms with van der Waals surface area (Å²) in [6.07, 6.45) is -0.561. The number of halogens is 1. The molecule has 0 bridgehead atoms. The summed E-state index contributed by atoms with van der Waals surface area (Å²) in [6.45, 7) is 0.399. The number of carbonyl (C=O) groups is 1. The van der Waals surface area contributed by atoms with E-state index in [9.17, 15) is 39.8 Å². The lowest BCUT2D eigenvalue weighted by Crippen LogP contribution is -2.60. The maximum absolute atomic E-state index is 13.0. The first-order valence-corrected chi connectivity index (χ1v) is 16.2. The molecule has 1 amide bonds. The standard InChI is InChI=1S/C34H50FNO10/c1-22(38)30(40)27(21-44-34-33(43)32(42)31(41)28(20-37)46-34)36-29(39)11-9-7-5-3-2-4-6-8-10-23-12-16-25(17-13-23)45-26-18-14-24(35)15-19-26/h12-19,22,27-28,30-34,37-38,40-43H,2-11,20-21H2,1H3,(H,36,39)/t22-,27+,28?,30-,31-,32?,33?,34+/m1/s1. The molecule has 0 aliphatic carbocycles. The molecule has 3 rings (SSSR count). The Morgan fingerprint density at radius 3 is 2.00 bits per heavy atom. The predicted octanol–water partition coefficient (Wildman–Crippen LogP) is 2.71. The van der Waals surface area contributed by atoms with Crippen LogP contribution in [0.4, 0.5) is 4.39 Å². The van der Waals surface area contributed by atoms with Crippen molar-refractivity contribution in [1.29, 1.82) is 0 Å². The Morgan fingerprint density at radius 1 is 0.848 bits per heavy atom. The lowest BCUT2D eigenvalue weighted by molar-refractivity contribution is -0.303. The maximum Gasteiger partial charge on any atom is 0.220 e. The summed E-state index contributed by atoms with van der Waals surface area (Å²) in [5.41, 5.74) is 1.24. The second kappa shape index (κ2) is 19.9. The summed E-state index contributed by atoms with van der Waals surface area (Å²) in [7, 11) is 0. The van der Waals surface area contributed by atoms with Crippen LogP contribution in [0, 0.1) is 5.82 Å². The van der Waals surface area contributed by atoms with Crippen LogP contribution >= 0.6 is 0 Å². The van der Waals surface area contributed by atoms with E-state index in [1.807, 2.05) is 12.1 Å². The van der Waals surface area contributed by atoms with Gasteiger partial charge in [-0.15, -0.1) is 0 Å². The number of rotatable bonds is 20. The zero-order valence-corrected chi connectivity index (χ0v) is 26.4. The van der Waals surface area contributed by atoms with Crippen molar-refractivity contribution in [3.05, 3.63) is 59.9 Å². The van der Waals surface area contributed by atoms with Gasteiger partial charge in [0.2, 0.25) is 5.91 Å². The highest BCUT2D eigenvalue weighted by Gasteiger charge is 2.44. The van der Waals surface area contributed by atoms with Gasteiger partial charge in [0.1, 0.15) is 47.8 Å². The van der Waals surface area contributed by atoms with Crippen LogP contribution in [-0.4, -0.2) is 98.7 Å². The molecule has 258 valence electrons. The van der Waals surface area contributed by atoms with Crippen LogP contribution in [0.2, 0.25) is 0 Å². The number of ether oxygens (including phenoxy) is 3. The fourth-order valence-electron chi connectivity index (χ4n) is 5.28. The Hall–Kier alpha value is -2.68. The van der Waals surface area contributed by atoms with E-state index in [1.165, 1.54) is 24.6 Å². The van der Waals surface area contributed by atoms with E-state index in [2.05, 4.69) is 17.4 Å². The first-order chi connectivity index (χ1) is 22.1. The Morgan fingerprint density at radius 2 is 1.41 bits per heavy atom. The number of aliphatic hydroxyl groups excluding tert-OH is 6. The van der Waals surface area contributed by atoms with Gasteiger partial charge in [0.15, 0.2) is 6.29 Å². The minimum atomic E-state index is -1.62. The lowest BCUT2D eigenvalue weighted by Gasteiger charge is -2.40. The van der Waals surface area contributed by atoms with Crippen LogP contribution in [0.25, 0.3) is 0 Å². The van der Waals surface area contributed by atoms with Crippen LogP contribution in [0.3, 0.4) is 0 Å². The number of benzene rings is 2. The Kier molecular flexibility index (Phi) is 16.3. The number of nitrogens with one attached hydrogen (secondary N) is 1. The van der Waals surface area contributed by atoms with E-state index in [1.54, 1.807) is 12.1 Å². The monoisotopic (exact) mass is 651 g/mol. The fourth-order valence-corrected chi connectivity index (χ4v) is 5.28. The van der Waals surface area contributed by atoms with E-state index in [0.29, 0.717) is 17.9 Å². The molecule has 7 N–H and O–H groups in total. The average Bonchev–Trinajstić information content (AvgIpc) is 3.05. The first kappa shape index (κ1) is 37.8. The Labute approximate surface area is 269 Å². The largest absolute Gasteiger partial charge is 0.457 e. The average molecular weight is 652 g/mol. The minimum Gasteiger partial charge on any atom is -0.457 e. The van der Waals surface area contributed by atoms with Crippen molar-refractivity contribution >= 4 is 5.91 Å². The number of hydrogen-bond acceptors (Lipinski definition) is 10. The van der Waals surface area contributed by atoms with Crippen LogP contribution in [0.5, 0.6) is 11.5 Å². The molecule has 46 heavy (non-hydrogen) atoms. The minimum absolute atomic E-state index is 0.233. The molecule has 2 aromatic rings. The molecule has 11 nitrogen and oxygen atoms in total. The van der Waals surface area contributed by atoms with Gasteiger partial charge in [-0.25, -0.2) is 4.39 Å². The quantitative estimate of drug-likeness (QED) is 0.105. The molecule has 1 fully saturated rings. The highest BCUT2D eigenvalue weighted by Crippen LogP contribution is 2.24. The van der Waals surface area contributed by atoms with Gasteiger partial charge in [0, 0.05) is 6.42 Å². The molecule has 2 aromatic carbocycles. The SMILES string of the molecule is C[C@@H](O)[C@@H](O)[C@H](CO[C@H]1OC(CO)[C@@H](O)C(O)C1O)NC(=O)CCCCCCCCCCc1ccc(Oc2ccc(F)cc2)cc1. The molecule has 1 aliphatic heterocycles. The number of aliphatic hydroxyl groups is 6. The van der Waals surface area contributed by atoms with Gasteiger partial charge in [-0.05, 0) is 68.1 Å². The van der Waals surface area contributed by atoms with Crippen LogP contribution in [0.15, 0.2) is 48.5 Å². The van der Waals surface area contributed by atoms with E-state index < -0.39 is 55.6 Å². The van der Waals surface area contributed by atoms with Crippen molar-refractivity contribution in [3.8, 4) is 11.5 Å². The topological polar surface area (TPSA) is 178 Å². The summed E-state index contributed by atoms with van der Waals surface area (Å²) in [4.78, 5) is 12.6. The third-order valence-electron chi connectivity index (χ3n) is 8.13. The molecular weight excluding hydrogens is 601 g/mol. The molecule has 0 radical (unpaired) electrons. The van der Waals surface area contributed by atoms with Gasteiger partial charge in [0.05, 0.1) is 25.4 Å². The highest BCUT2D eigenvalue weighted by atomic mass is 19.1. The van der Waals surface area contributed by atoms with Crippen molar-refractivity contribution in [3.63, 3.8) is 0 Å². The van der Waals surface area contributed by atoms with E-state index in [4.69, 9.17) is 14.2 Å². The van der Waals surface area contributed by atoms with Gasteiger partial charge in [0.25, 0.3) is 0 Å². The Balaban J connectivity index is 1.25. The van der Waals surface area contributed by atoms with E-state index in [0.717, 1.165) is 51.4 Å². The second-order valence-electron chi connectivity index (χ2n) is 12.0. The molecule has 0 aromatic heterocycles. The summed E-state index contributed by atoms with van der Waals surface area (Å²) in [5, 5.41) is 62.3. The number of hydrogen-bond donors (Lipinski definition) is 7. The number of unbranched alkanes of at least 4 members (excludes halogenated alkanes) is 7. The molecular formula is C34H50FNO10. The molecule has 1 saturated heterocycles. The molecule has 1 aliphatic rings. The van der Waals surface area contributed by atoms with Gasteiger partial charge < -0.3 is 50.2 Å². The van der Waals surface area contributed by atoms with Crippen LogP contribution < -0.4 is 10.1 Å². The van der Waals surface area contributed by atoms with Gasteiger partial charge in [-0.1, -0.05) is 50.7 Å². The number of carbonyl (C=O) groups excluding carboxylic acids is 1. The van der Waals surface area contributed by atoms with Crippen molar-refractivity contribution in [2.45, 2.75) is 120 Å². The predicted molar refractivity (Wildman–Crippen MR) is 168 cm³/mol. The maximum atomic E-state index is 13.0. The van der Waals surface area contributed by atoms with Gasteiger partial charge in [-0.3, -0.25) is 4.79 Å². The summed E-state index contributed by atoms with van der Waals surface area (Å²) < 4.78 is 29.6. The lowest BCUT2D eigenvalue weighted by atomic mass is 9.99. The van der Waals surface area contributed by atoms with Gasteiger partial charge in [-0.2, -0.15) is 0 Å². The third kappa shape index (κ3) is 12.5. The molecule has 0 saturated carbocycles. The normalized spacial score (nSPS) is 23.4. The smallest absolute Gasteiger partial charge is 0.220 e. The second-order valence-corrected chi connectivity index (χ2v) is 12.0. The van der Waals surface area contributed by atoms with E-state index >= 15 is 0 Å². The summed E-state index contributed by atoms with van der Waals surface area (Å²) >= 11 is 0. The van der Waals surface area contributed by atoms with Crippen molar-refractivity contribution in [2.75, 3.05) is 13.2 Å². The number of amides is 1. The molecule has 3 unspecified atom stereocenters. The zero-order valence-electron chi connectivity index (χ0n) is 26.4. The van der Waals surface area contributed by atoms with Crippen LogP contribution in [-0.2, 0) is 20.7 Å². The highest BCUT2D eigenvalue weighted by molar-refractivity contribution is 5.76. The van der Waals surface area contributed by atoms with Gasteiger partial charge >= 0.3 is 0 Å². The van der Waals surface area contributed by atoms with E-state index in [-0.39, 0.29) is 24.8 Å². The number of aryl methyl sites for hydroxylation is 1. The fraction of sp³-hybridized carbons (Fsp3) is 0.618. The van der Waals surface area contributed by atoms with Crippen molar-refractivity contribution in [2.24, 2.45) is 0 Å².